The van der Waals surface area contributed by atoms with E-state index in [0.717, 1.165) is 4.90 Å². The van der Waals surface area contributed by atoms with Crippen molar-refractivity contribution < 1.29 is 19.2 Å². The maximum Gasteiger partial charge on any atom is 0.334 e. The number of nitriles is 1. The van der Waals surface area contributed by atoms with Crippen molar-refractivity contribution in [2.75, 3.05) is 18.4 Å². The fourth-order valence-electron chi connectivity index (χ4n) is 2.24. The van der Waals surface area contributed by atoms with Crippen molar-refractivity contribution in [1.29, 1.82) is 5.26 Å². The highest BCUT2D eigenvalue weighted by atomic mass is 35.5. The molecule has 0 saturated carbocycles. The van der Waals surface area contributed by atoms with Gasteiger partial charge in [-0.2, -0.15) is 5.26 Å². The molecular formula is C16H15ClN4O4. The number of rotatable bonds is 5. The number of halogens is 1. The minimum Gasteiger partial charge on any atom is -0.324 e. The highest BCUT2D eigenvalue weighted by Gasteiger charge is 2.45. The van der Waals surface area contributed by atoms with Crippen molar-refractivity contribution in [3.8, 4) is 6.07 Å². The Hall–Kier alpha value is -2.92. The summed E-state index contributed by atoms with van der Waals surface area (Å²) >= 11 is 5.87. The van der Waals surface area contributed by atoms with Gasteiger partial charge in [0.15, 0.2) is 0 Å². The monoisotopic (exact) mass is 362 g/mol. The van der Waals surface area contributed by atoms with E-state index in [-0.39, 0.29) is 23.0 Å². The number of carbonyl (C=O) groups is 4. The largest absolute Gasteiger partial charge is 0.334 e. The molecule has 2 rings (SSSR count). The van der Waals surface area contributed by atoms with Crippen molar-refractivity contribution >= 4 is 41.0 Å². The zero-order valence-corrected chi connectivity index (χ0v) is 14.3. The van der Waals surface area contributed by atoms with Crippen molar-refractivity contribution in [3.05, 3.63) is 28.8 Å². The number of hydrogen-bond acceptors (Lipinski definition) is 5. The SMILES string of the molecule is CC(C)CN1C(=O)C(=O)N(CC(=O)Nc2ccc(C#N)c(Cl)c2)C1=O. The van der Waals surface area contributed by atoms with E-state index in [1.54, 1.807) is 13.8 Å². The van der Waals surface area contributed by atoms with Crippen LogP contribution in [-0.4, -0.2) is 46.6 Å². The summed E-state index contributed by atoms with van der Waals surface area (Å²) in [4.78, 5) is 49.4. The van der Waals surface area contributed by atoms with Crippen LogP contribution in [0.4, 0.5) is 10.5 Å². The summed E-state index contributed by atoms with van der Waals surface area (Å²) in [6, 6.07) is 5.35. The average Bonchev–Trinajstić information content (AvgIpc) is 2.72. The third-order valence-corrected chi connectivity index (χ3v) is 3.67. The van der Waals surface area contributed by atoms with Gasteiger partial charge < -0.3 is 5.32 Å². The Bertz CT molecular complexity index is 800. The second-order valence-corrected chi connectivity index (χ2v) is 6.25. The Morgan fingerprint density at radius 2 is 1.88 bits per heavy atom. The van der Waals surface area contributed by atoms with Gasteiger partial charge >= 0.3 is 17.8 Å². The lowest BCUT2D eigenvalue weighted by Gasteiger charge is -2.16. The van der Waals surface area contributed by atoms with E-state index in [1.807, 2.05) is 6.07 Å². The maximum atomic E-state index is 12.2. The lowest BCUT2D eigenvalue weighted by Crippen LogP contribution is -2.39. The van der Waals surface area contributed by atoms with Crippen molar-refractivity contribution in [1.82, 2.24) is 9.80 Å². The Labute approximate surface area is 148 Å². The Balaban J connectivity index is 2.06. The standard InChI is InChI=1S/C16H15ClN4O4/c1-9(2)7-20-14(23)15(24)21(16(20)25)8-13(22)19-11-4-3-10(6-18)12(17)5-11/h3-5,9H,7-8H2,1-2H3,(H,19,22). The zero-order valence-electron chi connectivity index (χ0n) is 13.6. The summed E-state index contributed by atoms with van der Waals surface area (Å²) in [5.41, 5.74) is 0.554. The lowest BCUT2D eigenvalue weighted by atomic mass is 10.2. The van der Waals surface area contributed by atoms with Crippen LogP contribution in [0.2, 0.25) is 5.02 Å². The number of carbonyl (C=O) groups excluding carboxylic acids is 4. The predicted molar refractivity (Wildman–Crippen MR) is 88.5 cm³/mol. The molecule has 5 amide bonds. The molecule has 1 saturated heterocycles. The van der Waals surface area contributed by atoms with Gasteiger partial charge in [-0.3, -0.25) is 19.3 Å². The second kappa shape index (κ2) is 7.32. The third kappa shape index (κ3) is 3.95. The summed E-state index contributed by atoms with van der Waals surface area (Å²) in [5.74, 6) is -2.64. The molecule has 0 atom stereocenters. The summed E-state index contributed by atoms with van der Waals surface area (Å²) in [5, 5.41) is 11.4. The van der Waals surface area contributed by atoms with E-state index in [1.165, 1.54) is 18.2 Å². The molecule has 0 aliphatic carbocycles. The molecule has 1 heterocycles. The average molecular weight is 363 g/mol. The van der Waals surface area contributed by atoms with Gasteiger partial charge in [-0.25, -0.2) is 9.69 Å². The van der Waals surface area contributed by atoms with Crippen LogP contribution in [0.25, 0.3) is 0 Å². The van der Waals surface area contributed by atoms with Gasteiger partial charge in [-0.15, -0.1) is 0 Å². The van der Waals surface area contributed by atoms with E-state index < -0.39 is 30.3 Å². The summed E-state index contributed by atoms with van der Waals surface area (Å²) in [6.45, 7) is 3.12. The first-order valence-electron chi connectivity index (χ1n) is 7.41. The first kappa shape index (κ1) is 18.4. The molecular weight excluding hydrogens is 348 g/mol. The van der Waals surface area contributed by atoms with E-state index >= 15 is 0 Å². The molecule has 1 aliphatic heterocycles. The van der Waals surface area contributed by atoms with Crippen LogP contribution in [0.5, 0.6) is 0 Å². The zero-order chi connectivity index (χ0) is 18.7. The van der Waals surface area contributed by atoms with E-state index in [9.17, 15) is 19.2 Å². The van der Waals surface area contributed by atoms with Crippen LogP contribution in [0, 0.1) is 17.2 Å². The molecule has 0 bridgehead atoms. The molecule has 130 valence electrons. The molecule has 0 aromatic heterocycles. The number of nitrogens with one attached hydrogen (secondary N) is 1. The Kier molecular flexibility index (Phi) is 5.39. The normalized spacial score (nSPS) is 14.3. The molecule has 9 heteroatoms. The van der Waals surface area contributed by atoms with Gasteiger partial charge in [0.1, 0.15) is 12.6 Å². The Morgan fingerprint density at radius 3 is 2.44 bits per heavy atom. The van der Waals surface area contributed by atoms with E-state index in [4.69, 9.17) is 16.9 Å². The first-order chi connectivity index (χ1) is 11.7. The van der Waals surface area contributed by atoms with Gasteiger partial charge in [0.2, 0.25) is 5.91 Å². The molecule has 0 spiro atoms. The quantitative estimate of drug-likeness (QED) is 0.631. The fourth-order valence-corrected chi connectivity index (χ4v) is 2.47. The van der Waals surface area contributed by atoms with Gasteiger partial charge in [0, 0.05) is 12.2 Å². The molecule has 8 nitrogen and oxygen atoms in total. The van der Waals surface area contributed by atoms with Crippen molar-refractivity contribution in [2.45, 2.75) is 13.8 Å². The fraction of sp³-hybridized carbons (Fsp3) is 0.312. The van der Waals surface area contributed by atoms with Gasteiger partial charge in [0.05, 0.1) is 10.6 Å². The summed E-state index contributed by atoms with van der Waals surface area (Å²) in [7, 11) is 0. The highest BCUT2D eigenvalue weighted by molar-refractivity contribution is 6.45. The van der Waals surface area contributed by atoms with Gasteiger partial charge in [-0.1, -0.05) is 25.4 Å². The molecule has 25 heavy (non-hydrogen) atoms. The van der Waals surface area contributed by atoms with Crippen LogP contribution in [0.15, 0.2) is 18.2 Å². The molecule has 1 aromatic rings. The molecule has 1 fully saturated rings. The Morgan fingerprint density at radius 1 is 1.24 bits per heavy atom. The smallest absolute Gasteiger partial charge is 0.324 e. The van der Waals surface area contributed by atoms with E-state index in [0.29, 0.717) is 10.6 Å². The molecule has 1 N–H and O–H groups in total. The highest BCUT2D eigenvalue weighted by Crippen LogP contribution is 2.20. The van der Waals surface area contributed by atoms with Crippen LogP contribution in [0.3, 0.4) is 0 Å². The van der Waals surface area contributed by atoms with Crippen molar-refractivity contribution in [2.24, 2.45) is 5.92 Å². The predicted octanol–water partition coefficient (Wildman–Crippen LogP) is 1.60. The summed E-state index contributed by atoms with van der Waals surface area (Å²) in [6.07, 6.45) is 0. The van der Waals surface area contributed by atoms with Crippen LogP contribution in [-0.2, 0) is 14.4 Å². The molecule has 1 aromatic carbocycles. The van der Waals surface area contributed by atoms with Crippen LogP contribution < -0.4 is 5.32 Å². The maximum absolute atomic E-state index is 12.2. The first-order valence-corrected chi connectivity index (χ1v) is 7.79. The van der Waals surface area contributed by atoms with Crippen molar-refractivity contribution in [3.63, 3.8) is 0 Å². The summed E-state index contributed by atoms with van der Waals surface area (Å²) < 4.78 is 0. The third-order valence-electron chi connectivity index (χ3n) is 3.36. The second-order valence-electron chi connectivity index (χ2n) is 5.84. The lowest BCUT2D eigenvalue weighted by molar-refractivity contribution is -0.143. The number of hydrogen-bond donors (Lipinski definition) is 1. The number of urea groups is 1. The van der Waals surface area contributed by atoms with E-state index in [2.05, 4.69) is 5.32 Å². The van der Waals surface area contributed by atoms with Gasteiger partial charge in [0.25, 0.3) is 0 Å². The number of anilines is 1. The minimum atomic E-state index is -1.03. The van der Waals surface area contributed by atoms with Gasteiger partial charge in [-0.05, 0) is 24.1 Å². The number of nitrogens with zero attached hydrogens (tertiary/aromatic N) is 3. The molecule has 1 aliphatic rings. The number of imide groups is 2. The van der Waals surface area contributed by atoms with Crippen LogP contribution in [0.1, 0.15) is 19.4 Å². The molecule has 0 radical (unpaired) electrons. The molecule has 0 unspecified atom stereocenters. The number of amides is 5. The minimum absolute atomic E-state index is 0.00438. The van der Waals surface area contributed by atoms with Crippen LogP contribution >= 0.6 is 11.6 Å². The topological polar surface area (TPSA) is 111 Å². The number of benzene rings is 1.